The molecular weight excluding hydrogens is 184 g/mol. The molecule has 0 aliphatic heterocycles. The second-order valence-corrected chi connectivity index (χ2v) is 1.78. The fourth-order valence-corrected chi connectivity index (χ4v) is 0.380. The summed E-state index contributed by atoms with van der Waals surface area (Å²) < 4.78 is 6.45. The average molecular weight is 192 g/mol. The summed E-state index contributed by atoms with van der Waals surface area (Å²) in [5.74, 6) is -2.83. The van der Waals surface area contributed by atoms with Crippen LogP contribution in [0, 0.1) is 0 Å². The molecule has 0 saturated carbocycles. The number of nitrogens with two attached hydrogens (primary N) is 1. The first-order valence-electron chi connectivity index (χ1n) is 3.16. The molecule has 0 aliphatic carbocycles. The third kappa shape index (κ3) is 10.9. The van der Waals surface area contributed by atoms with Gasteiger partial charge in [-0.25, -0.2) is 0 Å². The van der Waals surface area contributed by atoms with Gasteiger partial charge in [-0.3, -0.25) is 0 Å². The van der Waals surface area contributed by atoms with Crippen molar-refractivity contribution in [1.29, 1.82) is 0 Å². The Morgan fingerprint density at radius 2 is 1.92 bits per heavy atom. The third-order valence-electron chi connectivity index (χ3n) is 0.922. The molecule has 12 heavy (non-hydrogen) atoms. The maximum atomic E-state index is 10.0. The summed E-state index contributed by atoms with van der Waals surface area (Å²) in [7, 11) is 0. The molecule has 0 aromatic carbocycles. The predicted molar refractivity (Wildman–Crippen MR) is 27.2 cm³/mol. The van der Waals surface area contributed by atoms with Gasteiger partial charge in [0.1, 0.15) is 1.41 Å². The molecule has 0 aliphatic rings. The molecule has 0 amide bonds. The van der Waals surface area contributed by atoms with Gasteiger partial charge in [-0.2, -0.15) is 0 Å². The number of hydrogen-bond donors (Lipinski definition) is 1. The molecule has 7 heteroatoms. The van der Waals surface area contributed by atoms with E-state index >= 15 is 0 Å². The van der Waals surface area contributed by atoms with Gasteiger partial charge in [0.15, 0.2) is 0 Å². The molecule has 0 aromatic rings. The minimum absolute atomic E-state index is 0. The topological polar surface area (TPSA) is 106 Å². The Kier molecular flexibility index (Phi) is 12.8. The van der Waals surface area contributed by atoms with Crippen molar-refractivity contribution in [1.82, 2.24) is 0 Å². The van der Waals surface area contributed by atoms with Crippen LogP contribution in [0.3, 0.4) is 0 Å². The minimum atomic E-state index is -1.48. The molecule has 1 atom stereocenters. The van der Waals surface area contributed by atoms with Crippen molar-refractivity contribution in [3.8, 4) is 0 Å². The van der Waals surface area contributed by atoms with E-state index in [4.69, 9.17) is 1.41 Å². The summed E-state index contributed by atoms with van der Waals surface area (Å²) >= 11 is 0. The van der Waals surface area contributed by atoms with Crippen LogP contribution < -0.4 is 75.1 Å². The van der Waals surface area contributed by atoms with Crippen molar-refractivity contribution >= 4 is 11.9 Å². The van der Waals surface area contributed by atoms with Gasteiger partial charge in [-0.1, -0.05) is 0 Å². The Morgan fingerprint density at radius 1 is 1.42 bits per heavy atom. The number of carbonyl (C=O) groups is 2. The molecule has 0 fully saturated rings. The largest absolute Gasteiger partial charge is 1.00 e. The first-order chi connectivity index (χ1) is 5.07. The molecule has 2 N–H and O–H groups in total. The Hall–Kier alpha value is 0.900. The Bertz CT molecular complexity index is 169. The van der Waals surface area contributed by atoms with E-state index in [0.29, 0.717) is 0 Å². The van der Waals surface area contributed by atoms with Gasteiger partial charge in [-0.05, 0) is 12.8 Å². The summed E-state index contributed by atoms with van der Waals surface area (Å²) in [6.07, 6.45) is -0.599. The zero-order valence-corrected chi connectivity index (χ0v) is 11.1. The molecule has 0 aromatic heterocycles. The molecular formula is C5H7NNa2O4. The second kappa shape index (κ2) is 9.98. The van der Waals surface area contributed by atoms with Gasteiger partial charge >= 0.3 is 59.1 Å². The number of rotatable bonds is 5. The van der Waals surface area contributed by atoms with Gasteiger partial charge < -0.3 is 25.5 Å². The van der Waals surface area contributed by atoms with Crippen LogP contribution in [0.25, 0.3) is 0 Å². The molecule has 0 unspecified atom stereocenters. The normalized spacial score (nSPS) is 11.5. The SMILES string of the molecule is [2H]N[C@@H](CCC(=O)[O-])C(=O)[O-].[Na+].[Na+]. The first kappa shape index (κ1) is 15.4. The Labute approximate surface area is 116 Å². The smallest absolute Gasteiger partial charge is 0.550 e. The van der Waals surface area contributed by atoms with Gasteiger partial charge in [0.2, 0.25) is 0 Å². The van der Waals surface area contributed by atoms with Crippen LogP contribution in [0.2, 0.25) is 1.41 Å². The number of hydrogen-bond acceptors (Lipinski definition) is 5. The van der Waals surface area contributed by atoms with Crippen LogP contribution in [0.5, 0.6) is 0 Å². The molecule has 0 rings (SSSR count). The summed E-state index contributed by atoms with van der Waals surface area (Å²) in [5, 5.41) is 19.9. The van der Waals surface area contributed by atoms with E-state index in [1.54, 1.807) is 5.73 Å². The van der Waals surface area contributed by atoms with Gasteiger partial charge in [-0.15, -0.1) is 0 Å². The molecule has 0 saturated heterocycles. The summed E-state index contributed by atoms with van der Waals surface area (Å²) in [6.45, 7) is 0. The number of carboxylic acids is 2. The van der Waals surface area contributed by atoms with Crippen LogP contribution >= 0.6 is 0 Å². The van der Waals surface area contributed by atoms with Crippen molar-refractivity contribution < 1.29 is 80.3 Å². The fourth-order valence-electron chi connectivity index (χ4n) is 0.380. The zero-order valence-electron chi connectivity index (χ0n) is 8.12. The van der Waals surface area contributed by atoms with Crippen LogP contribution in [0.4, 0.5) is 0 Å². The number of aliphatic carboxylic acids is 2. The molecule has 0 bridgehead atoms. The third-order valence-corrected chi connectivity index (χ3v) is 0.922. The first-order valence-corrected chi connectivity index (χ1v) is 2.66. The van der Waals surface area contributed by atoms with Crippen molar-refractivity contribution in [2.24, 2.45) is 5.73 Å². The maximum absolute atomic E-state index is 10.0. The Balaban J connectivity index is -0.000000500. The maximum Gasteiger partial charge on any atom is 1.00 e. The quantitative estimate of drug-likeness (QED) is 0.435. The fraction of sp³-hybridized carbons (Fsp3) is 0.600. The van der Waals surface area contributed by atoms with Crippen LogP contribution in [-0.2, 0) is 9.59 Å². The summed E-state index contributed by atoms with van der Waals surface area (Å²) in [6, 6.07) is -1.24. The van der Waals surface area contributed by atoms with Crippen LogP contribution in [-0.4, -0.2) is 18.0 Å². The van der Waals surface area contributed by atoms with E-state index in [1.165, 1.54) is 0 Å². The summed E-state index contributed by atoms with van der Waals surface area (Å²) in [4.78, 5) is 19.9. The Morgan fingerprint density at radius 3 is 2.17 bits per heavy atom. The van der Waals surface area contributed by atoms with E-state index in [2.05, 4.69) is 0 Å². The molecule has 5 nitrogen and oxygen atoms in total. The van der Waals surface area contributed by atoms with Crippen molar-refractivity contribution in [2.75, 3.05) is 0 Å². The van der Waals surface area contributed by atoms with Crippen molar-refractivity contribution in [3.63, 3.8) is 0 Å². The van der Waals surface area contributed by atoms with Crippen LogP contribution in [0.15, 0.2) is 0 Å². The predicted octanol–water partition coefficient (Wildman–Crippen LogP) is -9.40. The monoisotopic (exact) mass is 192 g/mol. The van der Waals surface area contributed by atoms with E-state index in [1.807, 2.05) is 0 Å². The van der Waals surface area contributed by atoms with E-state index < -0.39 is 24.4 Å². The average Bonchev–Trinajstić information content (AvgIpc) is 1.87. The minimum Gasteiger partial charge on any atom is -0.550 e. The van der Waals surface area contributed by atoms with E-state index in [-0.39, 0.29) is 65.5 Å². The molecule has 58 valence electrons. The van der Waals surface area contributed by atoms with Crippen molar-refractivity contribution in [2.45, 2.75) is 18.9 Å². The van der Waals surface area contributed by atoms with Gasteiger partial charge in [0.25, 0.3) is 0 Å². The van der Waals surface area contributed by atoms with Gasteiger partial charge in [0, 0.05) is 12.0 Å². The van der Waals surface area contributed by atoms with Crippen molar-refractivity contribution in [3.05, 3.63) is 0 Å². The molecule has 0 heterocycles. The summed E-state index contributed by atoms with van der Waals surface area (Å²) in [5.41, 5.74) is 1.65. The molecule has 0 spiro atoms. The number of carbonyl (C=O) groups excluding carboxylic acids is 2. The van der Waals surface area contributed by atoms with E-state index in [9.17, 15) is 19.8 Å². The van der Waals surface area contributed by atoms with Gasteiger partial charge in [0.05, 0.1) is 5.97 Å². The zero-order chi connectivity index (χ0) is 8.85. The van der Waals surface area contributed by atoms with Crippen LogP contribution in [0.1, 0.15) is 12.8 Å². The van der Waals surface area contributed by atoms with E-state index in [0.717, 1.165) is 0 Å². The number of carboxylic acid groups (broad SMARTS) is 2. The standard InChI is InChI=1S/C5H9NO4.2Na/c6-3(5(9)10)1-2-4(7)8;;/h3H,1-2,6H2,(H,7,8)(H,9,10);;/q;2*+1/p-2/t3-;;/m0../s1/i/hD. The second-order valence-electron chi connectivity index (χ2n) is 1.78. The molecule has 0 radical (unpaired) electrons.